The van der Waals surface area contributed by atoms with Crippen LogP contribution in [0, 0.1) is 18.3 Å². The van der Waals surface area contributed by atoms with Crippen molar-refractivity contribution in [2.75, 3.05) is 11.9 Å². The molecule has 136 valence electrons. The third kappa shape index (κ3) is 3.75. The molecule has 1 heterocycles. The molecule has 0 saturated heterocycles. The highest BCUT2D eigenvalue weighted by atomic mass is 16.5. The Bertz CT molecular complexity index is 1070. The van der Waals surface area contributed by atoms with E-state index in [4.69, 9.17) is 10.00 Å². The zero-order valence-corrected chi connectivity index (χ0v) is 15.0. The van der Waals surface area contributed by atoms with Crippen LogP contribution in [0.2, 0.25) is 0 Å². The van der Waals surface area contributed by atoms with Gasteiger partial charge in [0.2, 0.25) is 0 Å². The fourth-order valence-electron chi connectivity index (χ4n) is 2.69. The number of hydrogen-bond donors (Lipinski definition) is 1. The molecule has 7 heteroatoms. The van der Waals surface area contributed by atoms with E-state index in [2.05, 4.69) is 5.32 Å². The predicted molar refractivity (Wildman–Crippen MR) is 101 cm³/mol. The number of nitrogens with zero attached hydrogens (tertiary/aromatic N) is 3. The van der Waals surface area contributed by atoms with Crippen LogP contribution in [0.15, 0.2) is 59.4 Å². The first-order chi connectivity index (χ1) is 13.0. The van der Waals surface area contributed by atoms with Gasteiger partial charge in [0.15, 0.2) is 6.61 Å². The molecule has 0 aliphatic rings. The maximum atomic E-state index is 12.8. The van der Waals surface area contributed by atoms with Gasteiger partial charge < -0.3 is 10.1 Å². The minimum absolute atomic E-state index is 0.209. The summed E-state index contributed by atoms with van der Waals surface area (Å²) >= 11 is 0. The quantitative estimate of drug-likeness (QED) is 0.755. The number of aromatic nitrogens is 2. The number of rotatable bonds is 5. The molecule has 2 aromatic carbocycles. The number of anilines is 1. The van der Waals surface area contributed by atoms with Crippen LogP contribution in [0.25, 0.3) is 5.69 Å². The van der Waals surface area contributed by atoms with E-state index in [9.17, 15) is 9.59 Å². The third-order valence-electron chi connectivity index (χ3n) is 4.15. The molecule has 0 aliphatic heterocycles. The van der Waals surface area contributed by atoms with Gasteiger partial charge in [-0.3, -0.25) is 14.3 Å². The van der Waals surface area contributed by atoms with Crippen molar-refractivity contribution in [1.82, 2.24) is 9.36 Å². The standard InChI is InChI=1S/C20H18N4O3/c1-14-19(20(26)24(23(14)2)16-8-4-3-5-9-16)22-18(25)13-27-17-10-6-7-15(11-17)12-21/h3-11H,13H2,1-2H3,(H,22,25). The maximum absolute atomic E-state index is 12.8. The zero-order valence-electron chi connectivity index (χ0n) is 15.0. The van der Waals surface area contributed by atoms with E-state index in [1.807, 2.05) is 36.4 Å². The van der Waals surface area contributed by atoms with Crippen LogP contribution in [-0.4, -0.2) is 21.9 Å². The Kier molecular flexibility index (Phi) is 5.08. The van der Waals surface area contributed by atoms with Gasteiger partial charge in [-0.2, -0.15) is 5.26 Å². The van der Waals surface area contributed by atoms with E-state index < -0.39 is 5.91 Å². The molecule has 7 nitrogen and oxygen atoms in total. The lowest BCUT2D eigenvalue weighted by Crippen LogP contribution is -2.25. The number of ether oxygens (including phenoxy) is 1. The molecule has 1 aromatic heterocycles. The summed E-state index contributed by atoms with van der Waals surface area (Å²) in [7, 11) is 1.75. The summed E-state index contributed by atoms with van der Waals surface area (Å²) in [6.45, 7) is 1.49. The Morgan fingerprint density at radius 2 is 1.93 bits per heavy atom. The van der Waals surface area contributed by atoms with Crippen molar-refractivity contribution in [2.45, 2.75) is 6.92 Å². The molecule has 1 amide bonds. The number of nitriles is 1. The van der Waals surface area contributed by atoms with E-state index in [1.165, 1.54) is 4.68 Å². The molecule has 0 atom stereocenters. The van der Waals surface area contributed by atoms with E-state index in [0.29, 0.717) is 22.7 Å². The van der Waals surface area contributed by atoms with Crippen LogP contribution in [0.3, 0.4) is 0 Å². The monoisotopic (exact) mass is 362 g/mol. The van der Waals surface area contributed by atoms with E-state index in [1.54, 1.807) is 42.9 Å². The van der Waals surface area contributed by atoms with Gasteiger partial charge in [0, 0.05) is 7.05 Å². The molecule has 0 bridgehead atoms. The van der Waals surface area contributed by atoms with Gasteiger partial charge in [0.05, 0.1) is 23.0 Å². The van der Waals surface area contributed by atoms with Crippen molar-refractivity contribution in [2.24, 2.45) is 7.05 Å². The molecule has 0 unspecified atom stereocenters. The number of carbonyl (C=O) groups excluding carboxylic acids is 1. The molecule has 27 heavy (non-hydrogen) atoms. The molecular weight excluding hydrogens is 344 g/mol. The second kappa shape index (κ2) is 7.62. The molecule has 0 saturated carbocycles. The SMILES string of the molecule is Cc1c(NC(=O)COc2cccc(C#N)c2)c(=O)n(-c2ccccc2)n1C. The highest BCUT2D eigenvalue weighted by molar-refractivity contribution is 5.92. The fourth-order valence-corrected chi connectivity index (χ4v) is 2.69. The average Bonchev–Trinajstić information content (AvgIpc) is 2.90. The highest BCUT2D eigenvalue weighted by Gasteiger charge is 2.18. The number of nitrogens with one attached hydrogen (secondary N) is 1. The summed E-state index contributed by atoms with van der Waals surface area (Å²) in [5, 5.41) is 11.5. The highest BCUT2D eigenvalue weighted by Crippen LogP contribution is 2.15. The van der Waals surface area contributed by atoms with Crippen molar-refractivity contribution >= 4 is 11.6 Å². The first-order valence-corrected chi connectivity index (χ1v) is 8.28. The van der Waals surface area contributed by atoms with Gasteiger partial charge in [0.25, 0.3) is 11.5 Å². The predicted octanol–water partition coefficient (Wildman–Crippen LogP) is 2.37. The van der Waals surface area contributed by atoms with Gasteiger partial charge >= 0.3 is 0 Å². The second-order valence-corrected chi connectivity index (χ2v) is 5.91. The topological polar surface area (TPSA) is 89.1 Å². The smallest absolute Gasteiger partial charge is 0.295 e. The van der Waals surface area contributed by atoms with Crippen LogP contribution >= 0.6 is 0 Å². The van der Waals surface area contributed by atoms with Gasteiger partial charge in [-0.25, -0.2) is 4.68 Å². The van der Waals surface area contributed by atoms with Crippen LogP contribution < -0.4 is 15.6 Å². The summed E-state index contributed by atoms with van der Waals surface area (Å²) < 4.78 is 8.58. The molecule has 1 N–H and O–H groups in total. The first kappa shape index (κ1) is 18.0. The number of para-hydroxylation sites is 1. The lowest BCUT2D eigenvalue weighted by atomic mass is 10.2. The molecule has 0 spiro atoms. The molecule has 3 rings (SSSR count). The Balaban J connectivity index is 1.77. The summed E-state index contributed by atoms with van der Waals surface area (Å²) in [5.74, 6) is -0.0425. The van der Waals surface area contributed by atoms with Crippen LogP contribution in [0.1, 0.15) is 11.3 Å². The molecule has 0 aliphatic carbocycles. The Morgan fingerprint density at radius 1 is 1.19 bits per heavy atom. The maximum Gasteiger partial charge on any atom is 0.295 e. The first-order valence-electron chi connectivity index (χ1n) is 8.28. The van der Waals surface area contributed by atoms with Crippen LogP contribution in [0.4, 0.5) is 5.69 Å². The minimum Gasteiger partial charge on any atom is -0.484 e. The number of hydrogen-bond acceptors (Lipinski definition) is 4. The van der Waals surface area contributed by atoms with Gasteiger partial charge in [-0.05, 0) is 37.3 Å². The normalized spacial score (nSPS) is 10.3. The van der Waals surface area contributed by atoms with E-state index in [0.717, 1.165) is 0 Å². The van der Waals surface area contributed by atoms with E-state index in [-0.39, 0.29) is 17.9 Å². The molecular formula is C20H18N4O3. The average molecular weight is 362 g/mol. The number of carbonyl (C=O) groups is 1. The zero-order chi connectivity index (χ0) is 19.4. The van der Waals surface area contributed by atoms with Crippen molar-refractivity contribution < 1.29 is 9.53 Å². The minimum atomic E-state index is -0.455. The summed E-state index contributed by atoms with van der Waals surface area (Å²) in [6.07, 6.45) is 0. The number of amides is 1. The lowest BCUT2D eigenvalue weighted by Gasteiger charge is -2.07. The van der Waals surface area contributed by atoms with Gasteiger partial charge in [-0.15, -0.1) is 0 Å². The van der Waals surface area contributed by atoms with Crippen LogP contribution in [0.5, 0.6) is 5.75 Å². The van der Waals surface area contributed by atoms with Crippen molar-refractivity contribution in [1.29, 1.82) is 5.26 Å². The van der Waals surface area contributed by atoms with Crippen molar-refractivity contribution in [3.63, 3.8) is 0 Å². The van der Waals surface area contributed by atoms with Gasteiger partial charge in [0.1, 0.15) is 11.4 Å². The second-order valence-electron chi connectivity index (χ2n) is 5.91. The fraction of sp³-hybridized carbons (Fsp3) is 0.150. The summed E-state index contributed by atoms with van der Waals surface area (Å²) in [4.78, 5) is 25.0. The third-order valence-corrected chi connectivity index (χ3v) is 4.15. The molecule has 0 fully saturated rings. The number of benzene rings is 2. The Labute approximate surface area is 156 Å². The van der Waals surface area contributed by atoms with Crippen molar-refractivity contribution in [3.05, 3.63) is 76.2 Å². The molecule has 3 aromatic rings. The molecule has 0 radical (unpaired) electrons. The van der Waals surface area contributed by atoms with Crippen molar-refractivity contribution in [3.8, 4) is 17.5 Å². The Hall–Kier alpha value is -3.79. The van der Waals surface area contributed by atoms with Gasteiger partial charge in [-0.1, -0.05) is 24.3 Å². The largest absolute Gasteiger partial charge is 0.484 e. The van der Waals surface area contributed by atoms with E-state index >= 15 is 0 Å². The summed E-state index contributed by atoms with van der Waals surface area (Å²) in [6, 6.07) is 17.7. The van der Waals surface area contributed by atoms with Crippen LogP contribution in [-0.2, 0) is 11.8 Å². The lowest BCUT2D eigenvalue weighted by molar-refractivity contribution is -0.118. The Morgan fingerprint density at radius 3 is 2.63 bits per heavy atom. The summed E-state index contributed by atoms with van der Waals surface area (Å²) in [5.41, 5.74) is 1.67.